The van der Waals surface area contributed by atoms with E-state index in [2.05, 4.69) is 13.8 Å². The van der Waals surface area contributed by atoms with Gasteiger partial charge in [0, 0.05) is 21.9 Å². The molecule has 2 bridgehead atoms. The fourth-order valence-electron chi connectivity index (χ4n) is 5.58. The van der Waals surface area contributed by atoms with E-state index >= 15 is 0 Å². The average molecular weight is 402 g/mol. The predicted molar refractivity (Wildman–Crippen MR) is 117 cm³/mol. The quantitative estimate of drug-likeness (QED) is 0.396. The summed E-state index contributed by atoms with van der Waals surface area (Å²) >= 11 is 0. The van der Waals surface area contributed by atoms with E-state index in [0.717, 1.165) is 52.3 Å². The van der Waals surface area contributed by atoms with Crippen LogP contribution in [0.2, 0.25) is 0 Å². The number of hydrogen-bond acceptors (Lipinski definition) is 4. The van der Waals surface area contributed by atoms with Crippen molar-refractivity contribution in [3.63, 3.8) is 0 Å². The number of hydrogen-bond donors (Lipinski definition) is 1. The standard InChI is InChI=1S/C26H26O4/c1-4-16-9-7-10-19-21(16)25(30-26(28)29-20-11-6-5-8-14(20)2)23-18-13-12-17(15(18)3)22(23)24(19)27/h5-11,15,17-18,27H,4,12-13H2,1-3H3. The van der Waals surface area contributed by atoms with Crippen molar-refractivity contribution in [1.29, 1.82) is 0 Å². The summed E-state index contributed by atoms with van der Waals surface area (Å²) in [6.07, 6.45) is 2.17. The summed E-state index contributed by atoms with van der Waals surface area (Å²) in [6, 6.07) is 13.3. The Bertz CT molecular complexity index is 1160. The lowest BCUT2D eigenvalue weighted by molar-refractivity contribution is 0.151. The Hall–Kier alpha value is -3.01. The van der Waals surface area contributed by atoms with E-state index < -0.39 is 6.16 Å². The molecule has 5 rings (SSSR count). The van der Waals surface area contributed by atoms with Crippen molar-refractivity contribution in [2.45, 2.75) is 51.9 Å². The minimum Gasteiger partial charge on any atom is -0.507 e. The summed E-state index contributed by atoms with van der Waals surface area (Å²) in [5, 5.41) is 12.8. The van der Waals surface area contributed by atoms with Gasteiger partial charge in [-0.1, -0.05) is 50.2 Å². The number of ether oxygens (including phenoxy) is 2. The van der Waals surface area contributed by atoms with Crippen LogP contribution in [0.15, 0.2) is 42.5 Å². The number of benzene rings is 3. The third kappa shape index (κ3) is 2.70. The molecule has 1 saturated carbocycles. The monoisotopic (exact) mass is 402 g/mol. The van der Waals surface area contributed by atoms with Gasteiger partial charge in [-0.3, -0.25) is 0 Å². The molecule has 2 aliphatic carbocycles. The topological polar surface area (TPSA) is 55.8 Å². The molecule has 0 saturated heterocycles. The second-order valence-corrected chi connectivity index (χ2v) is 8.57. The average Bonchev–Trinajstić information content (AvgIpc) is 3.25. The first-order valence-electron chi connectivity index (χ1n) is 10.8. The molecule has 3 unspecified atom stereocenters. The molecule has 2 aliphatic rings. The maximum Gasteiger partial charge on any atom is 0.519 e. The molecule has 30 heavy (non-hydrogen) atoms. The molecule has 4 nitrogen and oxygen atoms in total. The van der Waals surface area contributed by atoms with Gasteiger partial charge in [0.2, 0.25) is 0 Å². The van der Waals surface area contributed by atoms with Crippen LogP contribution in [0, 0.1) is 12.8 Å². The summed E-state index contributed by atoms with van der Waals surface area (Å²) in [5.41, 5.74) is 3.90. The van der Waals surface area contributed by atoms with E-state index in [9.17, 15) is 9.90 Å². The third-order valence-electron chi connectivity index (χ3n) is 7.08. The van der Waals surface area contributed by atoms with Gasteiger partial charge >= 0.3 is 6.16 Å². The van der Waals surface area contributed by atoms with Crippen molar-refractivity contribution in [2.75, 3.05) is 0 Å². The second kappa shape index (κ2) is 7.05. The van der Waals surface area contributed by atoms with Crippen LogP contribution >= 0.6 is 0 Å². The van der Waals surface area contributed by atoms with Gasteiger partial charge in [-0.2, -0.15) is 0 Å². The Kier molecular flexibility index (Phi) is 4.46. The maximum absolute atomic E-state index is 12.8. The van der Waals surface area contributed by atoms with Gasteiger partial charge in [0.15, 0.2) is 0 Å². The van der Waals surface area contributed by atoms with Crippen LogP contribution in [0.4, 0.5) is 4.79 Å². The lowest BCUT2D eigenvalue weighted by atomic mass is 9.86. The van der Waals surface area contributed by atoms with Crippen molar-refractivity contribution >= 4 is 16.9 Å². The highest BCUT2D eigenvalue weighted by molar-refractivity contribution is 6.00. The highest BCUT2D eigenvalue weighted by Gasteiger charge is 2.48. The molecule has 0 amide bonds. The van der Waals surface area contributed by atoms with Gasteiger partial charge in [-0.05, 0) is 61.1 Å². The van der Waals surface area contributed by atoms with E-state index in [1.807, 2.05) is 43.3 Å². The predicted octanol–water partition coefficient (Wildman–Crippen LogP) is 6.60. The maximum atomic E-state index is 12.8. The lowest BCUT2D eigenvalue weighted by Gasteiger charge is -2.23. The number of carbonyl (C=O) groups excluding carboxylic acids is 1. The highest BCUT2D eigenvalue weighted by Crippen LogP contribution is 2.63. The number of rotatable bonds is 3. The van der Waals surface area contributed by atoms with Crippen LogP contribution < -0.4 is 9.47 Å². The first kappa shape index (κ1) is 19.0. The van der Waals surface area contributed by atoms with Gasteiger partial charge in [-0.15, -0.1) is 0 Å². The van der Waals surface area contributed by atoms with Crippen LogP contribution in [0.1, 0.15) is 60.8 Å². The van der Waals surface area contributed by atoms with E-state index in [1.54, 1.807) is 6.07 Å². The van der Waals surface area contributed by atoms with Crippen molar-refractivity contribution in [3.8, 4) is 17.2 Å². The number of phenolic OH excluding ortho intramolecular Hbond substituents is 1. The molecule has 1 fully saturated rings. The van der Waals surface area contributed by atoms with E-state index in [-0.39, 0.29) is 0 Å². The minimum absolute atomic E-state index is 0.298. The molecular weight excluding hydrogens is 376 g/mol. The van der Waals surface area contributed by atoms with Gasteiger partial charge < -0.3 is 14.6 Å². The van der Waals surface area contributed by atoms with E-state index in [4.69, 9.17) is 9.47 Å². The van der Waals surface area contributed by atoms with Gasteiger partial charge in [0.05, 0.1) is 0 Å². The van der Waals surface area contributed by atoms with E-state index in [1.165, 1.54) is 0 Å². The van der Waals surface area contributed by atoms with Crippen molar-refractivity contribution in [3.05, 3.63) is 64.7 Å². The zero-order chi connectivity index (χ0) is 21.0. The third-order valence-corrected chi connectivity index (χ3v) is 7.08. The highest BCUT2D eigenvalue weighted by atomic mass is 16.7. The van der Waals surface area contributed by atoms with Crippen molar-refractivity contribution in [2.24, 2.45) is 5.92 Å². The normalized spacial score (nSPS) is 21.6. The molecule has 0 aliphatic heterocycles. The van der Waals surface area contributed by atoms with Crippen LogP contribution in [0.25, 0.3) is 10.8 Å². The zero-order valence-electron chi connectivity index (χ0n) is 17.6. The zero-order valence-corrected chi connectivity index (χ0v) is 17.6. The Labute approximate surface area is 176 Å². The lowest BCUT2D eigenvalue weighted by Crippen LogP contribution is -2.17. The number of para-hydroxylation sites is 1. The summed E-state index contributed by atoms with van der Waals surface area (Å²) in [5.74, 6) is 2.47. The van der Waals surface area contributed by atoms with Crippen LogP contribution in [0.3, 0.4) is 0 Å². The van der Waals surface area contributed by atoms with Crippen molar-refractivity contribution < 1.29 is 19.4 Å². The first-order chi connectivity index (χ1) is 14.5. The largest absolute Gasteiger partial charge is 0.519 e. The van der Waals surface area contributed by atoms with Crippen LogP contribution in [-0.2, 0) is 6.42 Å². The smallest absolute Gasteiger partial charge is 0.507 e. The molecule has 3 atom stereocenters. The van der Waals surface area contributed by atoms with Crippen LogP contribution in [0.5, 0.6) is 17.2 Å². The van der Waals surface area contributed by atoms with E-state index in [0.29, 0.717) is 35.0 Å². The molecule has 3 aromatic carbocycles. The first-order valence-corrected chi connectivity index (χ1v) is 10.8. The Balaban J connectivity index is 1.67. The van der Waals surface area contributed by atoms with Crippen molar-refractivity contribution in [1.82, 2.24) is 0 Å². The number of aryl methyl sites for hydroxylation is 2. The summed E-state index contributed by atoms with van der Waals surface area (Å²) in [7, 11) is 0. The molecule has 3 aromatic rings. The summed E-state index contributed by atoms with van der Waals surface area (Å²) in [4.78, 5) is 12.8. The molecule has 0 heterocycles. The number of phenols is 1. The Morgan fingerprint density at radius 3 is 2.50 bits per heavy atom. The Morgan fingerprint density at radius 1 is 1.03 bits per heavy atom. The fraction of sp³-hybridized carbons (Fsp3) is 0.346. The molecule has 1 N–H and O–H groups in total. The fourth-order valence-corrected chi connectivity index (χ4v) is 5.58. The second-order valence-electron chi connectivity index (χ2n) is 8.57. The van der Waals surface area contributed by atoms with Crippen LogP contribution in [-0.4, -0.2) is 11.3 Å². The minimum atomic E-state index is -0.736. The Morgan fingerprint density at radius 2 is 1.77 bits per heavy atom. The molecule has 4 heteroatoms. The SMILES string of the molecule is CCc1cccc2c(O)c3c(c(OC(=O)Oc4ccccc4C)c12)C1CCC3C1C. The molecule has 0 aromatic heterocycles. The molecule has 0 spiro atoms. The summed E-state index contributed by atoms with van der Waals surface area (Å²) < 4.78 is 11.5. The molecular formula is C26H26O4. The molecule has 154 valence electrons. The number of fused-ring (bicyclic) bond motifs is 6. The summed E-state index contributed by atoms with van der Waals surface area (Å²) in [6.45, 7) is 6.21. The number of aromatic hydroxyl groups is 1. The molecule has 0 radical (unpaired) electrons. The van der Waals surface area contributed by atoms with Gasteiger partial charge in [0.25, 0.3) is 0 Å². The van der Waals surface area contributed by atoms with Gasteiger partial charge in [-0.25, -0.2) is 4.79 Å². The van der Waals surface area contributed by atoms with Gasteiger partial charge in [0.1, 0.15) is 17.2 Å². The number of carbonyl (C=O) groups is 1.